The molecule has 0 unspecified atom stereocenters. The van der Waals surface area contributed by atoms with Crippen LogP contribution in [0.3, 0.4) is 0 Å². The van der Waals surface area contributed by atoms with Crippen molar-refractivity contribution in [3.05, 3.63) is 29.6 Å². The highest BCUT2D eigenvalue weighted by Gasteiger charge is 2.28. The minimum absolute atomic E-state index is 0.00728. The summed E-state index contributed by atoms with van der Waals surface area (Å²) in [5.41, 5.74) is 1.35. The fourth-order valence-corrected chi connectivity index (χ4v) is 4.52. The molecule has 1 aromatic rings. The van der Waals surface area contributed by atoms with Gasteiger partial charge in [-0.2, -0.15) is 4.31 Å². The number of benzene rings is 1. The maximum absolute atomic E-state index is 14.2. The molecular formula is C20H34FN5O3S. The molecule has 0 amide bonds. The van der Waals surface area contributed by atoms with Gasteiger partial charge in [0.2, 0.25) is 10.0 Å². The van der Waals surface area contributed by atoms with Gasteiger partial charge in [0.25, 0.3) is 0 Å². The molecule has 0 bridgehead atoms. The zero-order chi connectivity index (χ0) is 22.3. The molecule has 0 atom stereocenters. The number of aliphatic imine (C=N–C) groups is 1. The van der Waals surface area contributed by atoms with Crippen LogP contribution in [0.5, 0.6) is 0 Å². The first kappa shape index (κ1) is 24.4. The summed E-state index contributed by atoms with van der Waals surface area (Å²) in [6, 6.07) is 5.14. The van der Waals surface area contributed by atoms with Gasteiger partial charge in [-0.25, -0.2) is 12.8 Å². The highest BCUT2D eigenvalue weighted by atomic mass is 32.2. The molecule has 1 aliphatic heterocycles. The number of guanidine groups is 1. The van der Waals surface area contributed by atoms with Crippen molar-refractivity contribution < 1.29 is 17.5 Å². The second-order valence-electron chi connectivity index (χ2n) is 7.70. The van der Waals surface area contributed by atoms with E-state index in [0.717, 1.165) is 5.56 Å². The zero-order valence-corrected chi connectivity index (χ0v) is 19.4. The van der Waals surface area contributed by atoms with Gasteiger partial charge in [-0.05, 0) is 31.5 Å². The first-order valence-corrected chi connectivity index (χ1v) is 11.8. The number of halogens is 1. The van der Waals surface area contributed by atoms with Gasteiger partial charge in [0.15, 0.2) is 5.96 Å². The number of hydrogen-bond acceptors (Lipinski definition) is 5. The van der Waals surface area contributed by atoms with E-state index in [0.29, 0.717) is 44.4 Å². The number of nitrogens with one attached hydrogen (secondary N) is 1. The summed E-state index contributed by atoms with van der Waals surface area (Å²) >= 11 is 0. The average Bonchev–Trinajstić information content (AvgIpc) is 2.68. The van der Waals surface area contributed by atoms with Gasteiger partial charge in [0, 0.05) is 53.9 Å². The second-order valence-corrected chi connectivity index (χ2v) is 9.79. The van der Waals surface area contributed by atoms with Crippen LogP contribution in [-0.4, -0.2) is 89.4 Å². The molecule has 10 heteroatoms. The van der Waals surface area contributed by atoms with Gasteiger partial charge in [-0.1, -0.05) is 6.07 Å². The van der Waals surface area contributed by atoms with E-state index in [4.69, 9.17) is 4.74 Å². The van der Waals surface area contributed by atoms with E-state index in [1.165, 1.54) is 10.4 Å². The SMILES string of the molecule is CN=C(NCc1ccc(N(C)C)c(F)c1)N1CCN(S(=O)(=O)CCOC(C)C)CC1. The third-order valence-electron chi connectivity index (χ3n) is 4.88. The lowest BCUT2D eigenvalue weighted by atomic mass is 10.2. The van der Waals surface area contributed by atoms with Gasteiger partial charge in [0.1, 0.15) is 5.82 Å². The maximum atomic E-state index is 14.2. The van der Waals surface area contributed by atoms with E-state index in [9.17, 15) is 12.8 Å². The molecule has 1 N–H and O–H groups in total. The number of ether oxygens (including phenoxy) is 1. The van der Waals surface area contributed by atoms with E-state index in [1.807, 2.05) is 24.8 Å². The van der Waals surface area contributed by atoms with Crippen LogP contribution in [0.25, 0.3) is 0 Å². The maximum Gasteiger partial charge on any atom is 0.216 e. The predicted molar refractivity (Wildman–Crippen MR) is 119 cm³/mol. The van der Waals surface area contributed by atoms with Gasteiger partial charge in [-0.3, -0.25) is 4.99 Å². The zero-order valence-electron chi connectivity index (χ0n) is 18.6. The third kappa shape index (κ3) is 6.82. The minimum atomic E-state index is -3.33. The van der Waals surface area contributed by atoms with Crippen molar-refractivity contribution in [3.63, 3.8) is 0 Å². The van der Waals surface area contributed by atoms with Crippen molar-refractivity contribution in [1.82, 2.24) is 14.5 Å². The first-order chi connectivity index (χ1) is 14.1. The van der Waals surface area contributed by atoms with Crippen molar-refractivity contribution in [2.75, 3.05) is 64.6 Å². The molecule has 2 rings (SSSR count). The van der Waals surface area contributed by atoms with Crippen molar-refractivity contribution in [1.29, 1.82) is 0 Å². The molecule has 1 fully saturated rings. The number of anilines is 1. The molecule has 30 heavy (non-hydrogen) atoms. The monoisotopic (exact) mass is 443 g/mol. The molecule has 1 saturated heterocycles. The molecule has 0 radical (unpaired) electrons. The summed E-state index contributed by atoms with van der Waals surface area (Å²) in [7, 11) is 1.96. The van der Waals surface area contributed by atoms with Gasteiger partial charge in [0.05, 0.1) is 24.2 Å². The van der Waals surface area contributed by atoms with Crippen LogP contribution >= 0.6 is 0 Å². The molecule has 1 heterocycles. The first-order valence-electron chi connectivity index (χ1n) is 10.1. The number of nitrogens with zero attached hydrogens (tertiary/aromatic N) is 4. The Kier molecular flexibility index (Phi) is 8.87. The molecule has 0 aliphatic carbocycles. The summed E-state index contributed by atoms with van der Waals surface area (Å²) in [6.45, 7) is 6.28. The Balaban J connectivity index is 1.87. The molecule has 1 aromatic carbocycles. The Bertz CT molecular complexity index is 822. The Hall–Kier alpha value is -1.91. The molecule has 170 valence electrons. The molecule has 1 aliphatic rings. The van der Waals surface area contributed by atoms with Crippen molar-refractivity contribution in [2.24, 2.45) is 4.99 Å². The Labute approximate surface area is 179 Å². The fraction of sp³-hybridized carbons (Fsp3) is 0.650. The lowest BCUT2D eigenvalue weighted by Gasteiger charge is -2.35. The Morgan fingerprint density at radius 3 is 2.47 bits per heavy atom. The summed E-state index contributed by atoms with van der Waals surface area (Å²) in [6.07, 6.45) is 0.0130. The topological polar surface area (TPSA) is 77.5 Å². The molecule has 0 spiro atoms. The standard InChI is InChI=1S/C20H34FN5O3S/c1-16(2)29-12-13-30(27,28)26-10-8-25(9-11-26)20(22-3)23-15-17-6-7-19(24(4)5)18(21)14-17/h6-7,14,16H,8-13,15H2,1-5H3,(H,22,23). The number of rotatable bonds is 8. The predicted octanol–water partition coefficient (Wildman–Crippen LogP) is 1.34. The fourth-order valence-electron chi connectivity index (χ4n) is 3.23. The third-order valence-corrected chi connectivity index (χ3v) is 6.71. The lowest BCUT2D eigenvalue weighted by molar-refractivity contribution is 0.0904. The van der Waals surface area contributed by atoms with Gasteiger partial charge < -0.3 is 19.9 Å². The van der Waals surface area contributed by atoms with Crippen LogP contribution in [0, 0.1) is 5.82 Å². The van der Waals surface area contributed by atoms with Crippen molar-refractivity contribution in [2.45, 2.75) is 26.5 Å². The molecular weight excluding hydrogens is 409 g/mol. The smallest absolute Gasteiger partial charge is 0.216 e. The highest BCUT2D eigenvalue weighted by molar-refractivity contribution is 7.89. The van der Waals surface area contributed by atoms with Crippen LogP contribution in [0.4, 0.5) is 10.1 Å². The quantitative estimate of drug-likeness (QED) is 0.483. The largest absolute Gasteiger partial charge is 0.378 e. The van der Waals surface area contributed by atoms with E-state index in [1.54, 1.807) is 32.1 Å². The molecule has 0 saturated carbocycles. The van der Waals surface area contributed by atoms with Crippen LogP contribution < -0.4 is 10.2 Å². The van der Waals surface area contributed by atoms with Gasteiger partial charge in [-0.15, -0.1) is 0 Å². The van der Waals surface area contributed by atoms with E-state index < -0.39 is 10.0 Å². The van der Waals surface area contributed by atoms with Crippen LogP contribution in [-0.2, 0) is 21.3 Å². The lowest BCUT2D eigenvalue weighted by Crippen LogP contribution is -2.54. The van der Waals surface area contributed by atoms with E-state index in [2.05, 4.69) is 10.3 Å². The normalized spacial score (nSPS) is 16.2. The van der Waals surface area contributed by atoms with E-state index in [-0.39, 0.29) is 24.3 Å². The van der Waals surface area contributed by atoms with Crippen molar-refractivity contribution >= 4 is 21.7 Å². The highest BCUT2D eigenvalue weighted by Crippen LogP contribution is 2.18. The van der Waals surface area contributed by atoms with Crippen LogP contribution in [0.2, 0.25) is 0 Å². The summed E-state index contributed by atoms with van der Waals surface area (Å²) in [5.74, 6) is 0.397. The summed E-state index contributed by atoms with van der Waals surface area (Å²) in [4.78, 5) is 8.04. The number of piperazine rings is 1. The number of hydrogen-bond donors (Lipinski definition) is 1. The second kappa shape index (κ2) is 10.9. The van der Waals surface area contributed by atoms with Crippen molar-refractivity contribution in [3.8, 4) is 0 Å². The number of sulfonamides is 1. The van der Waals surface area contributed by atoms with E-state index >= 15 is 0 Å². The molecule has 8 nitrogen and oxygen atoms in total. The minimum Gasteiger partial charge on any atom is -0.378 e. The Morgan fingerprint density at radius 2 is 1.93 bits per heavy atom. The average molecular weight is 444 g/mol. The summed E-state index contributed by atoms with van der Waals surface area (Å²) in [5, 5.41) is 3.24. The molecule has 0 aromatic heterocycles. The van der Waals surface area contributed by atoms with Crippen LogP contribution in [0.15, 0.2) is 23.2 Å². The van der Waals surface area contributed by atoms with Crippen LogP contribution in [0.1, 0.15) is 19.4 Å². The summed E-state index contributed by atoms with van der Waals surface area (Å²) < 4.78 is 46.0. The Morgan fingerprint density at radius 1 is 1.27 bits per heavy atom. The van der Waals surface area contributed by atoms with Gasteiger partial charge >= 0.3 is 0 Å².